The van der Waals surface area contributed by atoms with Gasteiger partial charge in [-0.3, -0.25) is 0 Å². The molecule has 0 fully saturated rings. The van der Waals surface area contributed by atoms with Crippen LogP contribution in [0.3, 0.4) is 0 Å². The van der Waals surface area contributed by atoms with Gasteiger partial charge in [-0.05, 0) is 0 Å². The van der Waals surface area contributed by atoms with E-state index in [0.29, 0.717) is 6.54 Å². The van der Waals surface area contributed by atoms with Crippen molar-refractivity contribution in [3.8, 4) is 0 Å². The molecule has 4 aliphatic rings. The molecule has 0 saturated heterocycles. The lowest BCUT2D eigenvalue weighted by molar-refractivity contribution is 0.471. The summed E-state index contributed by atoms with van der Waals surface area (Å²) >= 11 is 0. The van der Waals surface area contributed by atoms with Crippen LogP contribution in [0.4, 0.5) is 0 Å². The van der Waals surface area contributed by atoms with Gasteiger partial charge >= 0.3 is 0 Å². The van der Waals surface area contributed by atoms with Crippen LogP contribution in [0.25, 0.3) is 0 Å². The molecule has 0 amide bonds. The number of rotatable bonds is 6. The SMILES string of the molecule is O=S(=O)(/C1=C/CNC/C(S(=O)(=O)C2C=CC=C2)=C\CN(S(=O)(=O)C2C=CC=C2)C/C=C/CNC1)C1C=CC=C1. The monoisotopic (exact) mass is 591 g/mol. The molecule has 0 bridgehead atoms. The van der Waals surface area contributed by atoms with Gasteiger partial charge in [0.05, 0.1) is 9.81 Å². The summed E-state index contributed by atoms with van der Waals surface area (Å²) in [6.45, 7) is 0.309. The normalized spacial score (nSPS) is 26.4. The first kappa shape index (κ1) is 29.4. The van der Waals surface area contributed by atoms with Gasteiger partial charge < -0.3 is 10.6 Å². The minimum Gasteiger partial charge on any atom is -0.309 e. The zero-order chi connectivity index (χ0) is 27.9. The highest BCUT2D eigenvalue weighted by Crippen LogP contribution is 2.22. The number of sulfone groups is 2. The average Bonchev–Trinajstić information content (AvgIpc) is 3.70. The van der Waals surface area contributed by atoms with E-state index in [1.807, 2.05) is 0 Å². The van der Waals surface area contributed by atoms with Gasteiger partial charge in [-0.15, -0.1) is 0 Å². The Bertz CT molecular complexity index is 1490. The summed E-state index contributed by atoms with van der Waals surface area (Å²) in [7, 11) is -11.3. The summed E-state index contributed by atoms with van der Waals surface area (Å²) in [6, 6.07) is 0. The second kappa shape index (κ2) is 12.7. The predicted octanol–water partition coefficient (Wildman–Crippen LogP) is 1.45. The Balaban J connectivity index is 1.64. The van der Waals surface area contributed by atoms with Crippen molar-refractivity contribution in [2.75, 3.05) is 39.3 Å². The van der Waals surface area contributed by atoms with Crippen LogP contribution in [-0.4, -0.2) is 84.6 Å². The van der Waals surface area contributed by atoms with E-state index in [0.717, 1.165) is 0 Å². The lowest BCUT2D eigenvalue weighted by Crippen LogP contribution is -2.38. The maximum absolute atomic E-state index is 13.4. The first-order valence-corrected chi connectivity index (χ1v) is 17.2. The van der Waals surface area contributed by atoms with E-state index < -0.39 is 45.4 Å². The molecule has 0 spiro atoms. The molecule has 0 aromatic heterocycles. The van der Waals surface area contributed by atoms with Crippen LogP contribution in [0, 0.1) is 0 Å². The molecule has 39 heavy (non-hydrogen) atoms. The zero-order valence-corrected chi connectivity index (χ0v) is 23.8. The second-order valence-electron chi connectivity index (χ2n) is 9.23. The third-order valence-corrected chi connectivity index (χ3v) is 12.8. The van der Waals surface area contributed by atoms with Crippen molar-refractivity contribution in [3.05, 3.63) is 107 Å². The quantitative estimate of drug-likeness (QED) is 0.444. The van der Waals surface area contributed by atoms with Crippen LogP contribution in [0.2, 0.25) is 0 Å². The Labute approximate surface area is 231 Å². The molecule has 0 aromatic carbocycles. The molecule has 0 saturated carbocycles. The highest BCUT2D eigenvalue weighted by Gasteiger charge is 2.31. The van der Waals surface area contributed by atoms with E-state index in [-0.39, 0.29) is 42.5 Å². The topological polar surface area (TPSA) is 130 Å². The molecule has 1 heterocycles. The fourth-order valence-corrected chi connectivity index (χ4v) is 8.99. The highest BCUT2D eigenvalue weighted by molar-refractivity contribution is 7.96. The van der Waals surface area contributed by atoms with Crippen LogP contribution in [0.5, 0.6) is 0 Å². The Morgan fingerprint density at radius 3 is 1.56 bits per heavy atom. The summed E-state index contributed by atoms with van der Waals surface area (Å²) in [6.07, 6.45) is 25.9. The lowest BCUT2D eigenvalue weighted by Gasteiger charge is -2.23. The fraction of sp³-hybridized carbons (Fsp3) is 0.333. The van der Waals surface area contributed by atoms with Gasteiger partial charge in [0.15, 0.2) is 19.7 Å². The van der Waals surface area contributed by atoms with Crippen LogP contribution in [-0.2, 0) is 29.7 Å². The molecule has 0 aromatic rings. The lowest BCUT2D eigenvalue weighted by atomic mass is 10.4. The first-order chi connectivity index (χ1) is 18.6. The molecule has 4 rings (SSSR count). The smallest absolute Gasteiger partial charge is 0.224 e. The molecular formula is C27H33N3O6S3. The van der Waals surface area contributed by atoms with Crippen molar-refractivity contribution in [1.29, 1.82) is 0 Å². The molecule has 1 aliphatic heterocycles. The minimum atomic E-state index is -3.83. The average molecular weight is 592 g/mol. The number of nitrogens with zero attached hydrogens (tertiary/aromatic N) is 1. The molecule has 9 nitrogen and oxygen atoms in total. The van der Waals surface area contributed by atoms with Crippen LogP contribution in [0.15, 0.2) is 107 Å². The van der Waals surface area contributed by atoms with Crippen molar-refractivity contribution in [2.45, 2.75) is 15.7 Å². The second-order valence-corrected chi connectivity index (χ2v) is 15.6. The standard InChI is InChI=1S/C27H33N3O6S3/c31-37(32,23-9-1-2-10-23)26-15-18-29-22-27(38(33,34)24-11-3-4-12-24)16-20-30(19-8-7-17-28-21-26)39(35,36)25-13-5-6-14-25/h1-16,23-25,28-29H,17-22H2/b8-7+,26-15+,27-16+. The van der Waals surface area contributed by atoms with Gasteiger partial charge in [0.2, 0.25) is 10.0 Å². The van der Waals surface area contributed by atoms with E-state index >= 15 is 0 Å². The third-order valence-electron chi connectivity index (χ3n) is 6.62. The van der Waals surface area contributed by atoms with E-state index in [1.54, 1.807) is 91.1 Å². The number of nitrogens with one attached hydrogen (secondary N) is 2. The van der Waals surface area contributed by atoms with Gasteiger partial charge in [-0.1, -0.05) is 97.2 Å². The van der Waals surface area contributed by atoms with Gasteiger partial charge in [0, 0.05) is 39.3 Å². The Morgan fingerprint density at radius 1 is 0.564 bits per heavy atom. The van der Waals surface area contributed by atoms with Crippen molar-refractivity contribution in [3.63, 3.8) is 0 Å². The maximum atomic E-state index is 13.4. The van der Waals surface area contributed by atoms with Crippen LogP contribution >= 0.6 is 0 Å². The number of sulfonamides is 1. The van der Waals surface area contributed by atoms with E-state index in [2.05, 4.69) is 10.6 Å². The Hall–Kier alpha value is -2.61. The Morgan fingerprint density at radius 2 is 1.03 bits per heavy atom. The summed E-state index contributed by atoms with van der Waals surface area (Å²) in [5.74, 6) is 0. The maximum Gasteiger partial charge on any atom is 0.224 e. The fourth-order valence-electron chi connectivity index (χ4n) is 4.37. The molecule has 0 radical (unpaired) electrons. The van der Waals surface area contributed by atoms with E-state index in [9.17, 15) is 25.3 Å². The van der Waals surface area contributed by atoms with E-state index in [1.165, 1.54) is 10.4 Å². The van der Waals surface area contributed by atoms with Gasteiger partial charge in [-0.2, -0.15) is 4.31 Å². The molecule has 210 valence electrons. The van der Waals surface area contributed by atoms with Crippen molar-refractivity contribution < 1.29 is 25.3 Å². The molecule has 12 heteroatoms. The van der Waals surface area contributed by atoms with Crippen molar-refractivity contribution >= 4 is 29.7 Å². The molecule has 3 aliphatic carbocycles. The highest BCUT2D eigenvalue weighted by atomic mass is 32.2. The minimum absolute atomic E-state index is 0.0291. The van der Waals surface area contributed by atoms with Gasteiger partial charge in [-0.25, -0.2) is 25.3 Å². The Kier molecular flexibility index (Phi) is 9.57. The van der Waals surface area contributed by atoms with Crippen molar-refractivity contribution in [1.82, 2.24) is 14.9 Å². The summed E-state index contributed by atoms with van der Waals surface area (Å²) in [4.78, 5) is 0.233. The van der Waals surface area contributed by atoms with Gasteiger partial charge in [0.1, 0.15) is 15.7 Å². The molecular weight excluding hydrogens is 559 g/mol. The van der Waals surface area contributed by atoms with E-state index in [4.69, 9.17) is 0 Å². The first-order valence-electron chi connectivity index (χ1n) is 12.6. The largest absolute Gasteiger partial charge is 0.309 e. The number of hydrogen-bond donors (Lipinski definition) is 2. The summed E-state index contributed by atoms with van der Waals surface area (Å²) in [5, 5.41) is 3.69. The number of hydrogen-bond acceptors (Lipinski definition) is 8. The zero-order valence-electron chi connectivity index (χ0n) is 21.3. The number of allylic oxidation sites excluding steroid dienone is 6. The van der Waals surface area contributed by atoms with Crippen LogP contribution < -0.4 is 10.6 Å². The molecule has 2 N–H and O–H groups in total. The van der Waals surface area contributed by atoms with Crippen LogP contribution in [0.1, 0.15) is 0 Å². The summed E-state index contributed by atoms with van der Waals surface area (Å²) in [5.41, 5.74) is 0. The third kappa shape index (κ3) is 6.94. The molecule has 0 atom stereocenters. The molecule has 0 unspecified atom stereocenters. The van der Waals surface area contributed by atoms with Crippen molar-refractivity contribution in [2.24, 2.45) is 0 Å². The predicted molar refractivity (Wildman–Crippen MR) is 156 cm³/mol. The van der Waals surface area contributed by atoms with Gasteiger partial charge in [0.25, 0.3) is 0 Å². The summed E-state index contributed by atoms with van der Waals surface area (Å²) < 4.78 is 81.2.